The maximum Gasteiger partial charge on any atom is 0.407 e. The number of amides is 2. The van der Waals surface area contributed by atoms with Crippen molar-refractivity contribution >= 4 is 12.0 Å². The molecule has 2 saturated heterocycles. The third-order valence-corrected chi connectivity index (χ3v) is 3.74. The molecule has 2 aliphatic rings. The van der Waals surface area contributed by atoms with E-state index in [0.29, 0.717) is 32.5 Å². The van der Waals surface area contributed by atoms with E-state index in [2.05, 4.69) is 0 Å². The number of hydrogen-bond acceptors (Lipinski definition) is 3. The summed E-state index contributed by atoms with van der Waals surface area (Å²) in [4.78, 5) is 25.6. The second kappa shape index (κ2) is 4.52. The molecule has 2 rings (SSSR count). The zero-order chi connectivity index (χ0) is 12.6. The Bertz CT molecular complexity index is 325. The first-order valence-electron chi connectivity index (χ1n) is 5.97. The predicted molar refractivity (Wildman–Crippen MR) is 59.5 cm³/mol. The molecule has 0 aliphatic carbocycles. The van der Waals surface area contributed by atoms with Crippen molar-refractivity contribution in [2.75, 3.05) is 19.6 Å². The van der Waals surface area contributed by atoms with Crippen LogP contribution in [0.5, 0.6) is 0 Å². The van der Waals surface area contributed by atoms with E-state index in [1.54, 1.807) is 4.90 Å². The third kappa shape index (κ3) is 2.22. The van der Waals surface area contributed by atoms with Gasteiger partial charge in [-0.3, -0.25) is 4.79 Å². The van der Waals surface area contributed by atoms with Crippen molar-refractivity contribution in [3.05, 3.63) is 0 Å². The highest BCUT2D eigenvalue weighted by molar-refractivity contribution is 5.83. The lowest BCUT2D eigenvalue weighted by Crippen LogP contribution is -2.47. The molecule has 2 heterocycles. The van der Waals surface area contributed by atoms with Crippen molar-refractivity contribution in [1.29, 1.82) is 0 Å². The van der Waals surface area contributed by atoms with Crippen LogP contribution >= 0.6 is 0 Å². The van der Waals surface area contributed by atoms with Crippen molar-refractivity contribution < 1.29 is 19.8 Å². The molecule has 0 saturated carbocycles. The average molecular weight is 242 g/mol. The molecular formula is C11H18N2O4. The Hall–Kier alpha value is -1.30. The lowest BCUT2D eigenvalue weighted by atomic mass is 10.0. The fraction of sp³-hybridized carbons (Fsp3) is 0.818. The molecule has 0 aromatic heterocycles. The summed E-state index contributed by atoms with van der Waals surface area (Å²) in [5, 5.41) is 18.4. The number of likely N-dealkylation sites (tertiary alicyclic amines) is 2. The van der Waals surface area contributed by atoms with Crippen LogP contribution in [0.4, 0.5) is 4.79 Å². The van der Waals surface area contributed by atoms with E-state index in [4.69, 9.17) is 5.11 Å². The molecule has 0 unspecified atom stereocenters. The highest BCUT2D eigenvalue weighted by atomic mass is 16.4. The minimum Gasteiger partial charge on any atom is -0.465 e. The second-order valence-corrected chi connectivity index (χ2v) is 4.91. The quantitative estimate of drug-likeness (QED) is 0.676. The Labute approximate surface area is 99.8 Å². The van der Waals surface area contributed by atoms with Crippen LogP contribution in [0.15, 0.2) is 0 Å². The van der Waals surface area contributed by atoms with E-state index in [1.807, 2.05) is 6.92 Å². The zero-order valence-corrected chi connectivity index (χ0v) is 9.87. The molecule has 17 heavy (non-hydrogen) atoms. The van der Waals surface area contributed by atoms with Crippen LogP contribution < -0.4 is 0 Å². The molecule has 0 spiro atoms. The van der Waals surface area contributed by atoms with Crippen molar-refractivity contribution in [2.45, 2.75) is 31.9 Å². The van der Waals surface area contributed by atoms with Crippen LogP contribution in [-0.4, -0.2) is 63.8 Å². The van der Waals surface area contributed by atoms with Crippen LogP contribution in [0.1, 0.15) is 19.8 Å². The predicted octanol–water partition coefficient (Wildman–Crippen LogP) is -0.0320. The Morgan fingerprint density at radius 3 is 2.35 bits per heavy atom. The van der Waals surface area contributed by atoms with Gasteiger partial charge in [0.2, 0.25) is 0 Å². The topological polar surface area (TPSA) is 81.1 Å². The average Bonchev–Trinajstić information content (AvgIpc) is 2.57. The number of carboxylic acid groups (broad SMARTS) is 1. The summed E-state index contributed by atoms with van der Waals surface area (Å²) in [7, 11) is 0. The SMILES string of the molecule is C[C@H]1CN(C2CCN(C(=O)O)CC2)C(=O)[C@@H]1O. The molecule has 96 valence electrons. The van der Waals surface area contributed by atoms with E-state index in [9.17, 15) is 14.7 Å². The van der Waals surface area contributed by atoms with Gasteiger partial charge in [0.15, 0.2) is 0 Å². The molecule has 0 aromatic rings. The summed E-state index contributed by atoms with van der Waals surface area (Å²) >= 11 is 0. The number of aliphatic hydroxyl groups is 1. The van der Waals surface area contributed by atoms with Crippen molar-refractivity contribution in [3.63, 3.8) is 0 Å². The highest BCUT2D eigenvalue weighted by Crippen LogP contribution is 2.25. The number of carbonyl (C=O) groups is 2. The van der Waals surface area contributed by atoms with Crippen LogP contribution in [0.2, 0.25) is 0 Å². The number of rotatable bonds is 1. The molecule has 6 nitrogen and oxygen atoms in total. The minimum atomic E-state index is -0.899. The molecule has 6 heteroatoms. The second-order valence-electron chi connectivity index (χ2n) is 4.91. The fourth-order valence-electron chi connectivity index (χ4n) is 2.61. The first-order valence-corrected chi connectivity index (χ1v) is 5.97. The summed E-state index contributed by atoms with van der Waals surface area (Å²) in [6.07, 6.45) is -0.452. The van der Waals surface area contributed by atoms with E-state index in [0.717, 1.165) is 0 Å². The van der Waals surface area contributed by atoms with Gasteiger partial charge in [-0.05, 0) is 12.8 Å². The van der Waals surface area contributed by atoms with Crippen LogP contribution in [0.3, 0.4) is 0 Å². The third-order valence-electron chi connectivity index (χ3n) is 3.74. The summed E-state index contributed by atoms with van der Waals surface area (Å²) in [6, 6.07) is 0.0812. The molecule has 2 fully saturated rings. The Kier molecular flexibility index (Phi) is 3.24. The van der Waals surface area contributed by atoms with E-state index in [1.165, 1.54) is 4.90 Å². The molecule has 2 N–H and O–H groups in total. The molecule has 0 aromatic carbocycles. The largest absolute Gasteiger partial charge is 0.465 e. The van der Waals surface area contributed by atoms with Gasteiger partial charge in [0, 0.05) is 31.6 Å². The Morgan fingerprint density at radius 2 is 1.94 bits per heavy atom. The molecule has 2 amide bonds. The van der Waals surface area contributed by atoms with E-state index >= 15 is 0 Å². The van der Waals surface area contributed by atoms with Gasteiger partial charge in [-0.2, -0.15) is 0 Å². The number of hydrogen-bond donors (Lipinski definition) is 2. The lowest BCUT2D eigenvalue weighted by molar-refractivity contribution is -0.137. The summed E-state index contributed by atoms with van der Waals surface area (Å²) < 4.78 is 0. The molecule has 0 radical (unpaired) electrons. The maximum atomic E-state index is 11.8. The number of piperidine rings is 1. The molecule has 2 atom stereocenters. The van der Waals surface area contributed by atoms with Crippen LogP contribution in [0, 0.1) is 5.92 Å². The Morgan fingerprint density at radius 1 is 1.35 bits per heavy atom. The van der Waals surface area contributed by atoms with Gasteiger partial charge in [0.05, 0.1) is 0 Å². The molecule has 2 aliphatic heterocycles. The van der Waals surface area contributed by atoms with Crippen molar-refractivity contribution in [3.8, 4) is 0 Å². The van der Waals surface area contributed by atoms with Crippen LogP contribution in [0.25, 0.3) is 0 Å². The molecular weight excluding hydrogens is 224 g/mol. The van der Waals surface area contributed by atoms with Crippen molar-refractivity contribution in [1.82, 2.24) is 9.80 Å². The lowest BCUT2D eigenvalue weighted by Gasteiger charge is -2.35. The number of nitrogens with zero attached hydrogens (tertiary/aromatic N) is 2. The van der Waals surface area contributed by atoms with Gasteiger partial charge >= 0.3 is 6.09 Å². The smallest absolute Gasteiger partial charge is 0.407 e. The maximum absolute atomic E-state index is 11.8. The summed E-state index contributed by atoms with van der Waals surface area (Å²) in [5.74, 6) is -0.230. The fourth-order valence-corrected chi connectivity index (χ4v) is 2.61. The first-order chi connectivity index (χ1) is 8.00. The number of carbonyl (C=O) groups excluding carboxylic acids is 1. The molecule has 0 bridgehead atoms. The van der Waals surface area contributed by atoms with Gasteiger partial charge in [-0.25, -0.2) is 4.79 Å². The minimum absolute atomic E-state index is 0.0278. The van der Waals surface area contributed by atoms with E-state index in [-0.39, 0.29) is 17.9 Å². The van der Waals surface area contributed by atoms with Gasteiger partial charge in [0.1, 0.15) is 6.10 Å². The van der Waals surface area contributed by atoms with Gasteiger partial charge in [-0.15, -0.1) is 0 Å². The van der Waals surface area contributed by atoms with Gasteiger partial charge in [-0.1, -0.05) is 6.92 Å². The van der Waals surface area contributed by atoms with Gasteiger partial charge in [0.25, 0.3) is 5.91 Å². The first kappa shape index (κ1) is 12.2. The van der Waals surface area contributed by atoms with Gasteiger partial charge < -0.3 is 20.0 Å². The standard InChI is InChI=1S/C11H18N2O4/c1-7-6-13(10(15)9(7)14)8-2-4-12(5-3-8)11(16)17/h7-9,14H,2-6H2,1H3,(H,16,17)/t7-,9+/m0/s1. The monoisotopic (exact) mass is 242 g/mol. The summed E-state index contributed by atoms with van der Waals surface area (Å²) in [5.41, 5.74) is 0. The van der Waals surface area contributed by atoms with Crippen molar-refractivity contribution in [2.24, 2.45) is 5.92 Å². The normalized spacial score (nSPS) is 31.1. The highest BCUT2D eigenvalue weighted by Gasteiger charge is 2.40. The van der Waals surface area contributed by atoms with Crippen LogP contribution in [-0.2, 0) is 4.79 Å². The Balaban J connectivity index is 1.93. The number of aliphatic hydroxyl groups excluding tert-OH is 1. The van der Waals surface area contributed by atoms with E-state index < -0.39 is 12.2 Å². The summed E-state index contributed by atoms with van der Waals surface area (Å²) in [6.45, 7) is 3.37. The zero-order valence-electron chi connectivity index (χ0n) is 9.87.